The average Bonchev–Trinajstić information content (AvgIpc) is 3.53. The molecule has 0 N–H and O–H groups in total. The minimum atomic E-state index is -1.67. The maximum atomic E-state index is 6.05. The molecule has 0 amide bonds. The van der Waals surface area contributed by atoms with Crippen LogP contribution in [0.4, 0.5) is 0 Å². The molecule has 0 bridgehead atoms. The van der Waals surface area contributed by atoms with Crippen molar-refractivity contribution in [1.29, 1.82) is 0 Å². The fourth-order valence-electron chi connectivity index (χ4n) is 9.34. The smallest absolute Gasteiger partial charge is 0.0596 e. The fourth-order valence-corrected chi connectivity index (χ4v) is 64.3. The molecule has 1 aromatic rings. The molecule has 46 heavy (non-hydrogen) atoms. The normalized spacial score (nSPS) is 19.7. The standard InChI is InChI=1S/C37H71NP2Si6/c1-41(2,3)34(39(30-24-19-20-25-30)36(43(7,8)9)44(10,11)12)32-28-23-29-33(38-32)35(42(4,5)6)40(31-26-21-22-27-31)37(45(13,14)15)46(16,17)18/h19-21,23-30,34-37H,22H2,1-18H3. The molecule has 4 atom stereocenters. The number of pyridine rings is 1. The van der Waals surface area contributed by atoms with Gasteiger partial charge >= 0.3 is 0 Å². The highest BCUT2D eigenvalue weighted by Crippen LogP contribution is 2.69. The van der Waals surface area contributed by atoms with E-state index in [0.29, 0.717) is 16.2 Å². The first kappa shape index (κ1) is 40.7. The zero-order valence-corrected chi connectivity index (χ0v) is 41.0. The second-order valence-corrected chi connectivity index (χ2v) is 61.5. The van der Waals surface area contributed by atoms with Gasteiger partial charge in [0.1, 0.15) is 0 Å². The highest BCUT2D eigenvalue weighted by molar-refractivity contribution is 7.71. The van der Waals surface area contributed by atoms with Gasteiger partial charge in [-0.2, -0.15) is 0 Å². The average molecular weight is 760 g/mol. The summed E-state index contributed by atoms with van der Waals surface area (Å²) in [7, 11) is -9.87. The van der Waals surface area contributed by atoms with Gasteiger partial charge in [0.25, 0.3) is 0 Å². The number of allylic oxidation sites excluding steroid dienone is 8. The van der Waals surface area contributed by atoms with Gasteiger partial charge in [-0.05, 0) is 33.7 Å². The van der Waals surface area contributed by atoms with Gasteiger partial charge in [-0.1, -0.05) is 182 Å². The van der Waals surface area contributed by atoms with Crippen LogP contribution in [0.5, 0.6) is 0 Å². The molecule has 9 heteroatoms. The Morgan fingerprint density at radius 3 is 1.39 bits per heavy atom. The van der Waals surface area contributed by atoms with Gasteiger partial charge in [-0.15, -0.1) is 0 Å². The summed E-state index contributed by atoms with van der Waals surface area (Å²) >= 11 is 0. The second kappa shape index (κ2) is 14.5. The molecule has 4 unspecified atom stereocenters. The van der Waals surface area contributed by atoms with Crippen molar-refractivity contribution in [2.24, 2.45) is 0 Å². The van der Waals surface area contributed by atoms with Gasteiger partial charge in [0.15, 0.2) is 0 Å². The molecular weight excluding hydrogens is 689 g/mol. The highest BCUT2D eigenvalue weighted by atomic mass is 31.1. The molecule has 2 aliphatic rings. The molecule has 1 heterocycles. The lowest BCUT2D eigenvalue weighted by molar-refractivity contribution is 1.01. The summed E-state index contributed by atoms with van der Waals surface area (Å²) in [5.41, 5.74) is 3.51. The summed E-state index contributed by atoms with van der Waals surface area (Å²) in [6.45, 7) is 48.2. The molecule has 1 nitrogen and oxygen atoms in total. The van der Waals surface area contributed by atoms with Gasteiger partial charge in [0.05, 0.1) is 16.1 Å². The first-order valence-electron chi connectivity index (χ1n) is 17.9. The Balaban J connectivity index is 2.37. The van der Waals surface area contributed by atoms with Crippen molar-refractivity contribution in [2.45, 2.75) is 150 Å². The third-order valence-corrected chi connectivity index (χ3v) is 54.3. The van der Waals surface area contributed by atoms with Crippen LogP contribution >= 0.6 is 15.8 Å². The van der Waals surface area contributed by atoms with Crippen molar-refractivity contribution in [3.05, 3.63) is 77.4 Å². The quantitative estimate of drug-likeness (QED) is 0.136. The Morgan fingerprint density at radius 2 is 1.02 bits per heavy atom. The fraction of sp³-hybridized carbons (Fsp3) is 0.649. The van der Waals surface area contributed by atoms with Crippen molar-refractivity contribution in [3.8, 4) is 0 Å². The van der Waals surface area contributed by atoms with Crippen LogP contribution in [0, 0.1) is 0 Å². The first-order chi connectivity index (χ1) is 20.7. The van der Waals surface area contributed by atoms with Crippen molar-refractivity contribution in [1.82, 2.24) is 4.98 Å². The molecule has 3 rings (SSSR count). The molecule has 0 saturated heterocycles. The van der Waals surface area contributed by atoms with Crippen LogP contribution in [0.15, 0.2) is 66.0 Å². The van der Waals surface area contributed by atoms with E-state index in [1.807, 2.05) is 0 Å². The largest absolute Gasteiger partial charge is 0.257 e. The minimum Gasteiger partial charge on any atom is -0.257 e. The zero-order chi connectivity index (χ0) is 35.3. The molecule has 1 aromatic heterocycles. The maximum Gasteiger partial charge on any atom is 0.0596 e. The molecule has 0 fully saturated rings. The maximum absolute atomic E-state index is 6.05. The number of aromatic nitrogens is 1. The van der Waals surface area contributed by atoms with Gasteiger partial charge in [-0.3, -0.25) is 4.98 Å². The Kier molecular flexibility index (Phi) is 12.8. The third kappa shape index (κ3) is 9.74. The van der Waals surface area contributed by atoms with E-state index < -0.39 is 48.4 Å². The second-order valence-electron chi connectivity index (χ2n) is 20.7. The van der Waals surface area contributed by atoms with Gasteiger partial charge in [0, 0.05) is 59.9 Å². The Labute approximate surface area is 295 Å². The number of rotatable bonds is 14. The Hall–Kier alpha value is 0.271. The van der Waals surface area contributed by atoms with Gasteiger partial charge < -0.3 is 0 Å². The van der Waals surface area contributed by atoms with Crippen LogP contribution < -0.4 is 0 Å². The van der Waals surface area contributed by atoms with Gasteiger partial charge in [-0.25, -0.2) is 0 Å². The van der Waals surface area contributed by atoms with Crippen LogP contribution in [0.2, 0.25) is 118 Å². The van der Waals surface area contributed by atoms with Gasteiger partial charge in [0.2, 0.25) is 0 Å². The number of nitrogens with zero attached hydrogens (tertiary/aromatic N) is 1. The molecule has 0 saturated carbocycles. The predicted molar refractivity (Wildman–Crippen MR) is 235 cm³/mol. The van der Waals surface area contributed by atoms with E-state index in [1.165, 1.54) is 11.4 Å². The first-order valence-corrected chi connectivity index (χ1v) is 42.4. The highest BCUT2D eigenvalue weighted by Gasteiger charge is 2.52. The van der Waals surface area contributed by atoms with Crippen molar-refractivity contribution in [3.63, 3.8) is 0 Å². The predicted octanol–water partition coefficient (Wildman–Crippen LogP) is 13.5. The number of hydrogen-bond donors (Lipinski definition) is 0. The summed E-state index contributed by atoms with van der Waals surface area (Å²) in [5, 5.41) is 2.89. The molecule has 2 aliphatic carbocycles. The van der Waals surface area contributed by atoms with Crippen LogP contribution in [-0.2, 0) is 0 Å². The zero-order valence-electron chi connectivity index (χ0n) is 33.2. The monoisotopic (exact) mass is 759 g/mol. The summed E-state index contributed by atoms with van der Waals surface area (Å²) in [5.74, 6) is 0. The van der Waals surface area contributed by atoms with Crippen molar-refractivity contribution in [2.75, 3.05) is 0 Å². The Bertz CT molecular complexity index is 1290. The van der Waals surface area contributed by atoms with E-state index in [1.54, 1.807) is 5.31 Å². The van der Waals surface area contributed by atoms with E-state index in [0.717, 1.165) is 16.2 Å². The molecule has 0 aromatic carbocycles. The van der Waals surface area contributed by atoms with E-state index in [9.17, 15) is 0 Å². The Morgan fingerprint density at radius 1 is 0.587 bits per heavy atom. The van der Waals surface area contributed by atoms with Crippen molar-refractivity contribution >= 4 is 64.3 Å². The summed E-state index contributed by atoms with van der Waals surface area (Å²) < 4.78 is 0. The van der Waals surface area contributed by atoms with E-state index >= 15 is 0 Å². The number of hydrogen-bond acceptors (Lipinski definition) is 1. The van der Waals surface area contributed by atoms with Crippen LogP contribution in [0.3, 0.4) is 0 Å². The lowest BCUT2D eigenvalue weighted by Gasteiger charge is -2.52. The molecule has 0 spiro atoms. The lowest BCUT2D eigenvalue weighted by Crippen LogP contribution is -2.55. The van der Waals surface area contributed by atoms with E-state index in [-0.39, 0.29) is 15.8 Å². The van der Waals surface area contributed by atoms with Crippen molar-refractivity contribution < 1.29 is 0 Å². The molecule has 258 valence electrons. The molecular formula is C37H71NP2Si6. The molecule has 0 radical (unpaired) electrons. The molecule has 0 aliphatic heterocycles. The minimum absolute atomic E-state index is 0.305. The van der Waals surface area contributed by atoms with Crippen LogP contribution in [0.25, 0.3) is 0 Å². The SMILES string of the molecule is C[Si](C)(C)C(c1cccc(C(P(C2C=CC=C2)C([Si](C)(C)C)[Si](C)(C)C)[Si](C)(C)C)n1)P(C1=CCC=C1)C([Si](C)(C)C)[Si](C)(C)C. The van der Waals surface area contributed by atoms with Crippen LogP contribution in [0.1, 0.15) is 28.4 Å². The van der Waals surface area contributed by atoms with E-state index in [2.05, 4.69) is 179 Å². The van der Waals surface area contributed by atoms with E-state index in [4.69, 9.17) is 4.98 Å². The lowest BCUT2D eigenvalue weighted by atomic mass is 10.3. The summed E-state index contributed by atoms with van der Waals surface area (Å²) in [6.07, 6.45) is 18.6. The summed E-state index contributed by atoms with van der Waals surface area (Å²) in [6, 6.07) is 7.43. The topological polar surface area (TPSA) is 12.9 Å². The van der Waals surface area contributed by atoms with Crippen LogP contribution in [-0.4, -0.2) is 68.9 Å². The summed E-state index contributed by atoms with van der Waals surface area (Å²) in [4.78, 5) is 7.80. The third-order valence-electron chi connectivity index (χ3n) is 9.55.